The molecule has 1 aliphatic heterocycles. The molecule has 0 saturated carbocycles. The van der Waals surface area contributed by atoms with Crippen LogP contribution in [0.3, 0.4) is 0 Å². The maximum atomic E-state index is 11.3. The molecule has 1 atom stereocenters. The van der Waals surface area contributed by atoms with Gasteiger partial charge in [-0.05, 0) is 43.5 Å². The SMILES string of the molecule is CC(=O)c1cc(O)cc(CCCC2=NC[C@H](O)CN2)c1. The molecule has 1 aliphatic rings. The van der Waals surface area contributed by atoms with Gasteiger partial charge in [0.2, 0.25) is 0 Å². The van der Waals surface area contributed by atoms with Crippen LogP contribution in [0.4, 0.5) is 0 Å². The molecule has 5 nitrogen and oxygen atoms in total. The van der Waals surface area contributed by atoms with Crippen LogP contribution in [-0.2, 0) is 6.42 Å². The van der Waals surface area contributed by atoms with Crippen LogP contribution >= 0.6 is 0 Å². The number of aliphatic hydroxyl groups excluding tert-OH is 1. The molecule has 108 valence electrons. The molecule has 0 unspecified atom stereocenters. The van der Waals surface area contributed by atoms with Crippen molar-refractivity contribution in [3.8, 4) is 5.75 Å². The van der Waals surface area contributed by atoms with Gasteiger partial charge in [-0.15, -0.1) is 0 Å². The van der Waals surface area contributed by atoms with Crippen LogP contribution in [0, 0.1) is 0 Å². The Hall–Kier alpha value is -1.88. The Bertz CT molecular complexity index is 526. The quantitative estimate of drug-likeness (QED) is 0.708. The second kappa shape index (κ2) is 6.52. The van der Waals surface area contributed by atoms with Crippen molar-refractivity contribution >= 4 is 11.6 Å². The fraction of sp³-hybridized carbons (Fsp3) is 0.467. The highest BCUT2D eigenvalue weighted by atomic mass is 16.3. The Morgan fingerprint density at radius 1 is 1.40 bits per heavy atom. The number of phenolic OH excluding ortho intramolecular Hbond substituents is 1. The Labute approximate surface area is 118 Å². The van der Waals surface area contributed by atoms with Gasteiger partial charge in [-0.1, -0.05) is 0 Å². The van der Waals surface area contributed by atoms with Crippen molar-refractivity contribution in [1.82, 2.24) is 5.32 Å². The number of aliphatic imine (C=N–C) groups is 1. The minimum absolute atomic E-state index is 0.0468. The summed E-state index contributed by atoms with van der Waals surface area (Å²) >= 11 is 0. The molecule has 3 N–H and O–H groups in total. The first-order valence-electron chi connectivity index (χ1n) is 6.83. The minimum atomic E-state index is -0.386. The lowest BCUT2D eigenvalue weighted by Crippen LogP contribution is -2.38. The third-order valence-corrected chi connectivity index (χ3v) is 3.30. The number of benzene rings is 1. The first-order valence-corrected chi connectivity index (χ1v) is 6.83. The molecular weight excluding hydrogens is 256 g/mol. The van der Waals surface area contributed by atoms with E-state index in [2.05, 4.69) is 10.3 Å². The topological polar surface area (TPSA) is 81.9 Å². The highest BCUT2D eigenvalue weighted by molar-refractivity contribution is 5.94. The summed E-state index contributed by atoms with van der Waals surface area (Å²) in [6.45, 7) is 2.51. The Kier molecular flexibility index (Phi) is 4.74. The number of nitrogens with one attached hydrogen (secondary N) is 1. The summed E-state index contributed by atoms with van der Waals surface area (Å²) in [6, 6.07) is 4.99. The van der Waals surface area contributed by atoms with Gasteiger partial charge in [0.1, 0.15) is 5.75 Å². The summed E-state index contributed by atoms with van der Waals surface area (Å²) in [7, 11) is 0. The molecule has 20 heavy (non-hydrogen) atoms. The van der Waals surface area contributed by atoms with E-state index in [1.165, 1.54) is 13.0 Å². The van der Waals surface area contributed by atoms with Gasteiger partial charge in [0, 0.05) is 18.5 Å². The average Bonchev–Trinajstić information content (AvgIpc) is 2.40. The molecular formula is C15H20N2O3. The first kappa shape index (κ1) is 14.5. The fourth-order valence-electron chi connectivity index (χ4n) is 2.22. The average molecular weight is 276 g/mol. The predicted octanol–water partition coefficient (Wildman–Crippen LogP) is 1.28. The number of carbonyl (C=O) groups excluding carboxylic acids is 1. The van der Waals surface area contributed by atoms with E-state index in [1.807, 2.05) is 6.07 Å². The number of Topliss-reactive ketones (excluding diaryl/α,β-unsaturated/α-hetero) is 1. The van der Waals surface area contributed by atoms with Crippen molar-refractivity contribution in [2.45, 2.75) is 32.3 Å². The molecule has 1 heterocycles. The van der Waals surface area contributed by atoms with Gasteiger partial charge < -0.3 is 15.5 Å². The number of aromatic hydroxyl groups is 1. The number of hydrogen-bond acceptors (Lipinski definition) is 5. The van der Waals surface area contributed by atoms with Crippen LogP contribution in [0.15, 0.2) is 23.2 Å². The summed E-state index contributed by atoms with van der Waals surface area (Å²) in [4.78, 5) is 15.6. The predicted molar refractivity (Wildman–Crippen MR) is 77.4 cm³/mol. The second-order valence-electron chi connectivity index (χ2n) is 5.12. The molecule has 0 aromatic heterocycles. The molecule has 0 aliphatic carbocycles. The Morgan fingerprint density at radius 2 is 2.20 bits per heavy atom. The van der Waals surface area contributed by atoms with Crippen molar-refractivity contribution in [1.29, 1.82) is 0 Å². The van der Waals surface area contributed by atoms with Crippen LogP contribution < -0.4 is 5.32 Å². The van der Waals surface area contributed by atoms with E-state index in [-0.39, 0.29) is 17.6 Å². The van der Waals surface area contributed by atoms with Crippen molar-refractivity contribution in [3.63, 3.8) is 0 Å². The Balaban J connectivity index is 1.89. The van der Waals surface area contributed by atoms with E-state index in [9.17, 15) is 15.0 Å². The van der Waals surface area contributed by atoms with Crippen molar-refractivity contribution in [3.05, 3.63) is 29.3 Å². The fourth-order valence-corrected chi connectivity index (χ4v) is 2.22. The van der Waals surface area contributed by atoms with Gasteiger partial charge in [0.05, 0.1) is 18.5 Å². The van der Waals surface area contributed by atoms with Gasteiger partial charge in [-0.3, -0.25) is 9.79 Å². The number of phenols is 1. The van der Waals surface area contributed by atoms with Gasteiger partial charge in [-0.25, -0.2) is 0 Å². The van der Waals surface area contributed by atoms with Crippen LogP contribution in [0.2, 0.25) is 0 Å². The molecule has 0 saturated heterocycles. The lowest BCUT2D eigenvalue weighted by atomic mass is 10.0. The van der Waals surface area contributed by atoms with Crippen molar-refractivity contribution < 1.29 is 15.0 Å². The van der Waals surface area contributed by atoms with Gasteiger partial charge in [0.25, 0.3) is 0 Å². The number of β-amino-alcohol motifs (C(OH)–C–C–N with tert-alkyl or cyclic N) is 1. The highest BCUT2D eigenvalue weighted by Gasteiger charge is 2.11. The zero-order chi connectivity index (χ0) is 14.5. The molecule has 0 amide bonds. The lowest BCUT2D eigenvalue weighted by Gasteiger charge is -2.18. The maximum absolute atomic E-state index is 11.3. The Morgan fingerprint density at radius 3 is 2.85 bits per heavy atom. The van der Waals surface area contributed by atoms with Crippen LogP contribution in [0.25, 0.3) is 0 Å². The van der Waals surface area contributed by atoms with E-state index in [0.29, 0.717) is 18.7 Å². The number of amidine groups is 1. The third kappa shape index (κ3) is 4.06. The molecule has 0 spiro atoms. The van der Waals surface area contributed by atoms with E-state index in [0.717, 1.165) is 30.7 Å². The van der Waals surface area contributed by atoms with E-state index in [1.54, 1.807) is 6.07 Å². The number of aliphatic hydroxyl groups is 1. The van der Waals surface area contributed by atoms with Crippen LogP contribution in [0.5, 0.6) is 5.75 Å². The largest absolute Gasteiger partial charge is 0.508 e. The number of aryl methyl sites for hydroxylation is 1. The summed E-state index contributed by atoms with van der Waals surface area (Å²) in [5.74, 6) is 1.00. The number of hydrogen-bond donors (Lipinski definition) is 3. The number of rotatable bonds is 5. The van der Waals surface area contributed by atoms with Gasteiger partial charge in [-0.2, -0.15) is 0 Å². The first-order chi connectivity index (χ1) is 9.54. The summed E-state index contributed by atoms with van der Waals surface area (Å²) in [6.07, 6.45) is 2.07. The highest BCUT2D eigenvalue weighted by Crippen LogP contribution is 2.18. The van der Waals surface area contributed by atoms with Crippen LogP contribution in [-0.4, -0.2) is 41.0 Å². The molecule has 0 radical (unpaired) electrons. The molecule has 1 aromatic carbocycles. The number of carbonyl (C=O) groups is 1. The zero-order valence-corrected chi connectivity index (χ0v) is 11.6. The van der Waals surface area contributed by atoms with Crippen LogP contribution in [0.1, 0.15) is 35.7 Å². The standard InChI is InChI=1S/C15H20N2O3/c1-10(18)12-5-11(6-13(19)7-12)3-2-4-15-16-8-14(20)9-17-15/h5-7,14,19-20H,2-4,8-9H2,1H3,(H,16,17). The van der Waals surface area contributed by atoms with Crippen molar-refractivity contribution in [2.75, 3.05) is 13.1 Å². The third-order valence-electron chi connectivity index (χ3n) is 3.30. The molecule has 5 heteroatoms. The summed E-state index contributed by atoms with van der Waals surface area (Å²) < 4.78 is 0. The van der Waals surface area contributed by atoms with Crippen molar-refractivity contribution in [2.24, 2.45) is 4.99 Å². The van der Waals surface area contributed by atoms with E-state index in [4.69, 9.17) is 0 Å². The molecule has 2 rings (SSSR count). The van der Waals surface area contributed by atoms with Gasteiger partial charge >= 0.3 is 0 Å². The minimum Gasteiger partial charge on any atom is -0.508 e. The second-order valence-corrected chi connectivity index (χ2v) is 5.12. The summed E-state index contributed by atoms with van der Waals surface area (Å²) in [5.41, 5.74) is 1.49. The lowest BCUT2D eigenvalue weighted by molar-refractivity contribution is 0.101. The molecule has 1 aromatic rings. The molecule has 0 fully saturated rings. The molecule has 0 bridgehead atoms. The summed E-state index contributed by atoms with van der Waals surface area (Å²) in [5, 5.41) is 22.0. The number of nitrogens with zero attached hydrogens (tertiary/aromatic N) is 1. The zero-order valence-electron chi connectivity index (χ0n) is 11.6. The maximum Gasteiger partial charge on any atom is 0.159 e. The van der Waals surface area contributed by atoms with E-state index < -0.39 is 0 Å². The van der Waals surface area contributed by atoms with E-state index >= 15 is 0 Å². The number of ketones is 1. The smallest absolute Gasteiger partial charge is 0.159 e. The normalized spacial score (nSPS) is 18.3. The monoisotopic (exact) mass is 276 g/mol. The van der Waals surface area contributed by atoms with Gasteiger partial charge in [0.15, 0.2) is 5.78 Å².